The molecule has 0 spiro atoms. The van der Waals surface area contributed by atoms with E-state index >= 15 is 0 Å². The van der Waals surface area contributed by atoms with Crippen LogP contribution in [0.15, 0.2) is 30.5 Å². The van der Waals surface area contributed by atoms with Crippen molar-refractivity contribution in [3.05, 3.63) is 59.2 Å². The number of hydrogen-bond donors (Lipinski definition) is 1. The highest BCUT2D eigenvalue weighted by atomic mass is 19.1. The second-order valence-corrected chi connectivity index (χ2v) is 6.22. The maximum atomic E-state index is 13.1. The minimum absolute atomic E-state index is 0.203. The molecular formula is C18H19FN6O. The van der Waals surface area contributed by atoms with Gasteiger partial charge in [-0.05, 0) is 37.1 Å². The fourth-order valence-corrected chi connectivity index (χ4v) is 3.30. The molecule has 0 unspecified atom stereocenters. The fourth-order valence-electron chi connectivity index (χ4n) is 3.30. The monoisotopic (exact) mass is 354 g/mol. The molecule has 0 atom stereocenters. The second kappa shape index (κ2) is 6.70. The number of carbonyl (C=O) groups is 1. The Bertz CT molecular complexity index is 943. The number of carbonyl (C=O) groups excluding carboxylic acids is 1. The van der Waals surface area contributed by atoms with E-state index in [1.807, 2.05) is 6.92 Å². The smallest absolute Gasteiger partial charge is 0.255 e. The van der Waals surface area contributed by atoms with Crippen LogP contribution in [-0.4, -0.2) is 30.5 Å². The highest BCUT2D eigenvalue weighted by Crippen LogP contribution is 2.17. The van der Waals surface area contributed by atoms with Crippen molar-refractivity contribution in [1.82, 2.24) is 29.9 Å². The summed E-state index contributed by atoms with van der Waals surface area (Å²) >= 11 is 0. The molecular weight excluding hydrogens is 335 g/mol. The van der Waals surface area contributed by atoms with Gasteiger partial charge in [0, 0.05) is 13.0 Å². The van der Waals surface area contributed by atoms with E-state index in [0.29, 0.717) is 18.5 Å². The first-order chi connectivity index (χ1) is 12.7. The lowest BCUT2D eigenvalue weighted by Crippen LogP contribution is -2.25. The largest absolute Gasteiger partial charge is 0.345 e. The first-order valence-corrected chi connectivity index (χ1v) is 8.69. The number of halogens is 1. The lowest BCUT2D eigenvalue weighted by atomic mass is 10.2. The number of aryl methyl sites for hydroxylation is 1. The molecule has 0 bridgehead atoms. The zero-order valence-electron chi connectivity index (χ0n) is 14.4. The molecule has 0 aliphatic carbocycles. The lowest BCUT2D eigenvalue weighted by molar-refractivity contribution is 0.0948. The molecule has 26 heavy (non-hydrogen) atoms. The SMILES string of the molecule is CCc1c(C(=O)NCc2nnc3n2CCC3)cnn1-c1ccc(F)cc1. The van der Waals surface area contributed by atoms with E-state index in [1.165, 1.54) is 12.1 Å². The molecule has 0 saturated heterocycles. The Morgan fingerprint density at radius 2 is 2.08 bits per heavy atom. The van der Waals surface area contributed by atoms with Crippen LogP contribution in [0.3, 0.4) is 0 Å². The normalized spacial score (nSPS) is 13.0. The first kappa shape index (κ1) is 16.4. The van der Waals surface area contributed by atoms with Gasteiger partial charge in [0.1, 0.15) is 11.6 Å². The Morgan fingerprint density at radius 1 is 1.27 bits per heavy atom. The Labute approximate surface area is 149 Å². The van der Waals surface area contributed by atoms with Crippen molar-refractivity contribution in [2.24, 2.45) is 0 Å². The maximum Gasteiger partial charge on any atom is 0.255 e. The number of rotatable bonds is 5. The summed E-state index contributed by atoms with van der Waals surface area (Å²) in [5.41, 5.74) is 2.01. The van der Waals surface area contributed by atoms with E-state index in [4.69, 9.17) is 0 Å². The predicted molar refractivity (Wildman–Crippen MR) is 92.4 cm³/mol. The van der Waals surface area contributed by atoms with Gasteiger partial charge in [-0.3, -0.25) is 4.79 Å². The molecule has 134 valence electrons. The van der Waals surface area contributed by atoms with E-state index in [-0.39, 0.29) is 11.7 Å². The van der Waals surface area contributed by atoms with Gasteiger partial charge in [-0.2, -0.15) is 5.10 Å². The maximum absolute atomic E-state index is 13.1. The van der Waals surface area contributed by atoms with Crippen LogP contribution in [0.5, 0.6) is 0 Å². The molecule has 3 aromatic rings. The summed E-state index contributed by atoms with van der Waals surface area (Å²) in [5, 5.41) is 15.5. The molecule has 1 N–H and O–H groups in total. The number of aromatic nitrogens is 5. The molecule has 2 aromatic heterocycles. The standard InChI is InChI=1S/C18H19FN6O/c1-2-15-14(10-21-25(15)13-7-5-12(19)6-8-13)18(26)20-11-17-23-22-16-4-3-9-24(16)17/h5-8,10H,2-4,9,11H2,1H3,(H,20,26). The van der Waals surface area contributed by atoms with E-state index in [2.05, 4.69) is 25.2 Å². The first-order valence-electron chi connectivity index (χ1n) is 8.69. The van der Waals surface area contributed by atoms with Crippen molar-refractivity contribution in [2.45, 2.75) is 39.3 Å². The van der Waals surface area contributed by atoms with Gasteiger partial charge in [0.05, 0.1) is 29.7 Å². The van der Waals surface area contributed by atoms with E-state index < -0.39 is 0 Å². The van der Waals surface area contributed by atoms with Crippen molar-refractivity contribution in [3.8, 4) is 5.69 Å². The zero-order valence-corrected chi connectivity index (χ0v) is 14.4. The number of nitrogens with one attached hydrogen (secondary N) is 1. The summed E-state index contributed by atoms with van der Waals surface area (Å²) in [7, 11) is 0. The number of benzene rings is 1. The van der Waals surface area contributed by atoms with Crippen molar-refractivity contribution in [3.63, 3.8) is 0 Å². The third kappa shape index (κ3) is 2.87. The zero-order chi connectivity index (χ0) is 18.1. The molecule has 8 heteroatoms. The molecule has 1 aliphatic rings. The molecule has 7 nitrogen and oxygen atoms in total. The number of hydrogen-bond acceptors (Lipinski definition) is 4. The number of nitrogens with zero attached hydrogens (tertiary/aromatic N) is 5. The Kier molecular flexibility index (Phi) is 4.24. The van der Waals surface area contributed by atoms with Crippen molar-refractivity contribution in [1.29, 1.82) is 0 Å². The summed E-state index contributed by atoms with van der Waals surface area (Å²) in [6.07, 6.45) is 4.17. The van der Waals surface area contributed by atoms with Crippen LogP contribution >= 0.6 is 0 Å². The van der Waals surface area contributed by atoms with Gasteiger partial charge in [-0.15, -0.1) is 10.2 Å². The molecule has 1 amide bonds. The molecule has 0 fully saturated rings. The fraction of sp³-hybridized carbons (Fsp3) is 0.333. The summed E-state index contributed by atoms with van der Waals surface area (Å²) in [6, 6.07) is 6.04. The number of amides is 1. The summed E-state index contributed by atoms with van der Waals surface area (Å²) < 4.78 is 16.9. The Hall–Kier alpha value is -3.03. The van der Waals surface area contributed by atoms with Gasteiger partial charge >= 0.3 is 0 Å². The van der Waals surface area contributed by atoms with Gasteiger partial charge in [0.15, 0.2) is 5.82 Å². The van der Waals surface area contributed by atoms with Crippen molar-refractivity contribution in [2.75, 3.05) is 0 Å². The summed E-state index contributed by atoms with van der Waals surface area (Å²) in [4.78, 5) is 12.6. The molecule has 1 aliphatic heterocycles. The van der Waals surface area contributed by atoms with Crippen molar-refractivity contribution >= 4 is 5.91 Å². The summed E-state index contributed by atoms with van der Waals surface area (Å²) in [6.45, 7) is 3.19. The van der Waals surface area contributed by atoms with Gasteiger partial charge in [0.25, 0.3) is 5.91 Å². The third-order valence-corrected chi connectivity index (χ3v) is 4.61. The molecule has 0 radical (unpaired) electrons. The van der Waals surface area contributed by atoms with Crippen LogP contribution in [0.25, 0.3) is 5.69 Å². The molecule has 1 aromatic carbocycles. The van der Waals surface area contributed by atoms with Gasteiger partial charge in [0.2, 0.25) is 0 Å². The molecule has 0 saturated carbocycles. The Morgan fingerprint density at radius 3 is 2.85 bits per heavy atom. The summed E-state index contributed by atoms with van der Waals surface area (Å²) in [5.74, 6) is 1.24. The molecule has 4 rings (SSSR count). The van der Waals surface area contributed by atoms with Gasteiger partial charge in [-0.1, -0.05) is 6.92 Å². The second-order valence-electron chi connectivity index (χ2n) is 6.22. The van der Waals surface area contributed by atoms with E-state index in [0.717, 1.165) is 42.4 Å². The predicted octanol–water partition coefficient (Wildman–Crippen LogP) is 2.04. The van der Waals surface area contributed by atoms with Crippen molar-refractivity contribution < 1.29 is 9.18 Å². The highest BCUT2D eigenvalue weighted by Gasteiger charge is 2.20. The van der Waals surface area contributed by atoms with Gasteiger partial charge < -0.3 is 9.88 Å². The topological polar surface area (TPSA) is 77.6 Å². The third-order valence-electron chi connectivity index (χ3n) is 4.61. The lowest BCUT2D eigenvalue weighted by Gasteiger charge is -2.09. The van der Waals surface area contributed by atoms with Crippen LogP contribution < -0.4 is 5.32 Å². The number of fused-ring (bicyclic) bond motifs is 1. The van der Waals surface area contributed by atoms with E-state index in [1.54, 1.807) is 23.0 Å². The highest BCUT2D eigenvalue weighted by molar-refractivity contribution is 5.95. The van der Waals surface area contributed by atoms with Crippen LogP contribution in [-0.2, 0) is 25.9 Å². The van der Waals surface area contributed by atoms with Crippen LogP contribution in [0.1, 0.15) is 41.0 Å². The quantitative estimate of drug-likeness (QED) is 0.761. The van der Waals surface area contributed by atoms with Crippen LogP contribution in [0.2, 0.25) is 0 Å². The molecule has 3 heterocycles. The average Bonchev–Trinajstić information content (AvgIpc) is 3.36. The van der Waals surface area contributed by atoms with E-state index in [9.17, 15) is 9.18 Å². The minimum Gasteiger partial charge on any atom is -0.345 e. The average molecular weight is 354 g/mol. The Balaban J connectivity index is 1.53. The minimum atomic E-state index is -0.308. The van der Waals surface area contributed by atoms with Gasteiger partial charge in [-0.25, -0.2) is 9.07 Å². The van der Waals surface area contributed by atoms with Crippen LogP contribution in [0.4, 0.5) is 4.39 Å². The van der Waals surface area contributed by atoms with Crippen LogP contribution in [0, 0.1) is 5.82 Å².